The normalized spacial score (nSPS) is 18.4. The molecule has 7 N–H and O–H groups in total. The number of carbonyl (C=O) groups excluding carboxylic acids is 6. The van der Waals surface area contributed by atoms with Crippen molar-refractivity contribution in [3.63, 3.8) is 0 Å². The molecule has 1 aromatic carbocycles. The monoisotopic (exact) mass is 1380 g/mol. The number of aliphatic hydroxyl groups is 1. The molecule has 1 saturated carbocycles. The molecule has 10 bridgehead atoms. The number of aliphatic hydroxyl groups excluding tert-OH is 1. The van der Waals surface area contributed by atoms with Gasteiger partial charge in [-0.25, -0.2) is 44.7 Å². The number of carbonyl (C=O) groups is 8. The maximum atomic E-state index is 14.6. The number of nitrogens with zero attached hydrogens (tertiary/aromatic N) is 9. The Labute approximate surface area is 561 Å². The molecule has 0 saturated heterocycles. The molecule has 4 atom stereocenters. The smallest absolute Gasteiger partial charge is 0.354 e. The zero-order valence-electron chi connectivity index (χ0n) is 51.0. The first kappa shape index (κ1) is 66.6. The highest BCUT2D eigenvalue weighted by atomic mass is 32.1. The number of amides is 5. The predicted octanol–water partition coefficient (Wildman–Crippen LogP) is 9.71. The molecular weight excluding hydrogens is 1320 g/mol. The quantitative estimate of drug-likeness (QED) is 0.0532. The zero-order chi connectivity index (χ0) is 66.5. The van der Waals surface area contributed by atoms with Gasteiger partial charge in [-0.3, -0.25) is 38.5 Å². The first-order chi connectivity index (χ1) is 45.2. The van der Waals surface area contributed by atoms with Crippen LogP contribution in [-0.4, -0.2) is 123 Å². The van der Waals surface area contributed by atoms with E-state index in [0.717, 1.165) is 22.7 Å². The number of benzene rings is 1. The van der Waals surface area contributed by atoms with E-state index in [1.165, 1.54) is 76.7 Å². The van der Waals surface area contributed by atoms with E-state index in [2.05, 4.69) is 26.3 Å². The third-order valence-electron chi connectivity index (χ3n) is 15.9. The van der Waals surface area contributed by atoms with Crippen molar-refractivity contribution in [2.45, 2.75) is 96.6 Å². The van der Waals surface area contributed by atoms with Gasteiger partial charge in [-0.1, -0.05) is 44.2 Å². The number of aliphatic carboxylic acids is 1. The summed E-state index contributed by atoms with van der Waals surface area (Å²) >= 11 is 7.13. The van der Waals surface area contributed by atoms with E-state index in [0.29, 0.717) is 105 Å². The van der Waals surface area contributed by atoms with Gasteiger partial charge in [0, 0.05) is 70.6 Å². The molecule has 0 spiro atoms. The molecule has 0 radical (unpaired) electrons. The minimum atomic E-state index is -1.31. The number of anilines is 1. The SMILES string of the molecule is CNC(=O)C[C@@H]1NC(=O)c2csc(n2)-c2ccc(-c3nc(N(Cc4ccnc(C(=O)O)c4)C(=O)C4CCC(C(=O)O)CC4)cs3)nc2-c2csc(n2)-c2csc(n2)[C@H]([C@@H](O)c2ccccc2)NC(=O)CNC(=O)c2nc(sc2COC)C(C(C)C)CC(=O)c2nc1sc2C. The standard InChI is InChI=1S/C63H61N13O12S6/c1-29(2)36-20-43(77)48-30(3)93-59(74-48)38(21-46(78)64-4)68-53(81)41-26-89-55(70-41)35-15-16-37(57-72-45(28-92-57)76(23-31-17-18-65-39(19-31)63(86)87)61(83)33-11-13-34(14-12-33)62(84)85)67-49(35)40-25-90-58(69-40)42-27-91-60(71-42)51(52(80)32-9-7-6-8-10-32)73-47(79)22-66-54(82)50-44(24-88-5)94-56(36)75-50/h6-10,15-19,25-29,33-34,36,38,51-52,80H,11-14,20-24H2,1-5H3,(H,64,78)(H,66,82)(H,68,81)(H,73,79)(H,84,85)(H,86,87)/t33?,34?,36?,38-,51-,52-/m0/s1. The van der Waals surface area contributed by atoms with E-state index in [-0.39, 0.29) is 72.2 Å². The molecule has 25 nitrogen and oxygen atoms in total. The average Bonchev–Trinajstić information content (AvgIpc) is 1.56. The fraction of sp³-hybridized carbons (Fsp3) is 0.333. The van der Waals surface area contributed by atoms with Crippen LogP contribution in [0.4, 0.5) is 5.82 Å². The van der Waals surface area contributed by atoms with Gasteiger partial charge in [0.1, 0.15) is 82.9 Å². The van der Waals surface area contributed by atoms with Gasteiger partial charge in [0.25, 0.3) is 11.8 Å². The number of aromatic nitrogens is 8. The van der Waals surface area contributed by atoms with Crippen LogP contribution in [-0.2, 0) is 37.1 Å². The molecule has 1 aliphatic heterocycles. The lowest BCUT2D eigenvalue weighted by Gasteiger charge is -2.30. The molecule has 31 heteroatoms. The fourth-order valence-electron chi connectivity index (χ4n) is 10.9. The first-order valence-corrected chi connectivity index (χ1v) is 34.8. The minimum absolute atomic E-state index is 0.00154. The average molecular weight is 1380 g/mol. The summed E-state index contributed by atoms with van der Waals surface area (Å²) in [5.74, 6) is -6.67. The van der Waals surface area contributed by atoms with Crippen molar-refractivity contribution in [3.8, 4) is 43.4 Å². The highest BCUT2D eigenvalue weighted by Crippen LogP contribution is 2.42. The number of Topliss-reactive ketones (excluding diaryl/α,β-unsaturated/α-hetero) is 1. The van der Waals surface area contributed by atoms with Crippen LogP contribution in [0.25, 0.3) is 43.4 Å². The van der Waals surface area contributed by atoms with Crippen LogP contribution in [0.1, 0.15) is 154 Å². The number of hydrogen-bond donors (Lipinski definition) is 7. The van der Waals surface area contributed by atoms with Crippen LogP contribution in [0.2, 0.25) is 0 Å². The molecule has 9 aromatic rings. The molecular formula is C63H61N13O12S6. The number of aryl methyl sites for hydroxylation is 1. The summed E-state index contributed by atoms with van der Waals surface area (Å²) in [4.78, 5) is 150. The Morgan fingerprint density at radius 1 is 0.723 bits per heavy atom. The Kier molecular flexibility index (Phi) is 20.7. The zero-order valence-corrected chi connectivity index (χ0v) is 55.9. The first-order valence-electron chi connectivity index (χ1n) is 29.6. The molecule has 5 amide bonds. The number of pyridine rings is 2. The van der Waals surface area contributed by atoms with Gasteiger partial charge >= 0.3 is 11.9 Å². The van der Waals surface area contributed by atoms with E-state index >= 15 is 0 Å². The van der Waals surface area contributed by atoms with E-state index < -0.39 is 78.1 Å². The van der Waals surface area contributed by atoms with Crippen LogP contribution in [0.3, 0.4) is 0 Å². The molecule has 1 unspecified atom stereocenters. The van der Waals surface area contributed by atoms with Crippen molar-refractivity contribution in [2.24, 2.45) is 17.8 Å². The topological polar surface area (TPSA) is 361 Å². The summed E-state index contributed by atoms with van der Waals surface area (Å²) in [5.41, 5.74) is 2.77. The number of ketones is 1. The molecule has 94 heavy (non-hydrogen) atoms. The molecule has 11 rings (SSSR count). The molecule has 1 aliphatic carbocycles. The Bertz CT molecular complexity index is 4340. The summed E-state index contributed by atoms with van der Waals surface area (Å²) in [7, 11) is 2.94. The molecule has 486 valence electrons. The second kappa shape index (κ2) is 29.2. The van der Waals surface area contributed by atoms with Crippen molar-refractivity contribution in [1.82, 2.24) is 61.1 Å². The lowest BCUT2D eigenvalue weighted by Crippen LogP contribution is -2.40. The lowest BCUT2D eigenvalue weighted by molar-refractivity contribution is -0.144. The summed E-state index contributed by atoms with van der Waals surface area (Å²) < 4.78 is 5.48. The highest BCUT2D eigenvalue weighted by molar-refractivity contribution is 7.15. The second-order valence-corrected chi connectivity index (χ2v) is 28.4. The number of nitrogens with one attached hydrogen (secondary N) is 4. The number of carboxylic acids is 2. The Morgan fingerprint density at radius 2 is 1.43 bits per heavy atom. The number of hydrogen-bond acceptors (Lipinski definition) is 24. The number of methoxy groups -OCH3 is 1. The summed E-state index contributed by atoms with van der Waals surface area (Å²) in [6, 6.07) is 13.1. The molecule has 8 aromatic heterocycles. The Balaban J connectivity index is 0.991. The van der Waals surface area contributed by atoms with Crippen LogP contribution >= 0.6 is 68.0 Å². The van der Waals surface area contributed by atoms with Crippen molar-refractivity contribution in [2.75, 3.05) is 25.6 Å². The number of thiazole rings is 6. The molecule has 9 heterocycles. The summed E-state index contributed by atoms with van der Waals surface area (Å²) in [5, 5.41) is 51.7. The van der Waals surface area contributed by atoms with Gasteiger partial charge in [-0.2, -0.15) is 0 Å². The van der Waals surface area contributed by atoms with Crippen molar-refractivity contribution in [3.05, 3.63) is 141 Å². The van der Waals surface area contributed by atoms with Gasteiger partial charge < -0.3 is 41.3 Å². The van der Waals surface area contributed by atoms with Gasteiger partial charge in [0.15, 0.2) is 5.78 Å². The number of aromatic carboxylic acids is 1. The van der Waals surface area contributed by atoms with Crippen molar-refractivity contribution in [1.29, 1.82) is 0 Å². The largest absolute Gasteiger partial charge is 0.481 e. The number of ether oxygens (including phenoxy) is 1. The van der Waals surface area contributed by atoms with Gasteiger partial charge in [0.2, 0.25) is 17.7 Å². The van der Waals surface area contributed by atoms with Crippen molar-refractivity contribution >= 4 is 121 Å². The van der Waals surface area contributed by atoms with E-state index in [1.807, 2.05) is 13.8 Å². The summed E-state index contributed by atoms with van der Waals surface area (Å²) in [6.07, 6.45) is 1.03. The van der Waals surface area contributed by atoms with Gasteiger partial charge in [0.05, 0.1) is 53.7 Å². The number of fused-ring (bicyclic) bond motifs is 14. The molecule has 1 fully saturated rings. The van der Waals surface area contributed by atoms with E-state index in [4.69, 9.17) is 39.6 Å². The maximum absolute atomic E-state index is 14.6. The van der Waals surface area contributed by atoms with E-state index in [1.54, 1.807) is 77.0 Å². The minimum Gasteiger partial charge on any atom is -0.481 e. The van der Waals surface area contributed by atoms with E-state index in [9.17, 15) is 53.7 Å². The van der Waals surface area contributed by atoms with Gasteiger partial charge in [-0.15, -0.1) is 68.0 Å². The third-order valence-corrected chi connectivity index (χ3v) is 21.7. The summed E-state index contributed by atoms with van der Waals surface area (Å²) in [6.45, 7) is 5.02. The maximum Gasteiger partial charge on any atom is 0.354 e. The third kappa shape index (κ3) is 14.9. The highest BCUT2D eigenvalue weighted by Gasteiger charge is 2.36. The Morgan fingerprint density at radius 3 is 2.16 bits per heavy atom. The van der Waals surface area contributed by atoms with Crippen LogP contribution < -0.4 is 26.2 Å². The number of carboxylic acid groups (broad SMARTS) is 2. The van der Waals surface area contributed by atoms with Gasteiger partial charge in [-0.05, 0) is 73.9 Å². The second-order valence-electron chi connectivity index (χ2n) is 22.6. The van der Waals surface area contributed by atoms with Crippen LogP contribution in [0.15, 0.2) is 82.3 Å². The number of rotatable bonds is 14. The Hall–Kier alpha value is -8.82. The van der Waals surface area contributed by atoms with Crippen LogP contribution in [0.5, 0.6) is 0 Å². The lowest BCUT2D eigenvalue weighted by atomic mass is 9.81. The molecule has 2 aliphatic rings. The van der Waals surface area contributed by atoms with Crippen molar-refractivity contribution < 1.29 is 58.4 Å². The fourth-order valence-corrected chi connectivity index (χ4v) is 16.5. The predicted molar refractivity (Wildman–Crippen MR) is 354 cm³/mol. The van der Waals surface area contributed by atoms with Crippen LogP contribution in [0, 0.1) is 24.7 Å².